The second kappa shape index (κ2) is 8.15. The highest BCUT2D eigenvalue weighted by atomic mass is 35.5. The van der Waals surface area contributed by atoms with Crippen molar-refractivity contribution in [3.05, 3.63) is 28.8 Å². The van der Waals surface area contributed by atoms with Gasteiger partial charge < -0.3 is 15.0 Å². The van der Waals surface area contributed by atoms with Gasteiger partial charge in [0.05, 0.1) is 12.1 Å². The fraction of sp³-hybridized carbons (Fsp3) is 0.471. The number of carbonyl (C=O) groups is 3. The van der Waals surface area contributed by atoms with E-state index < -0.39 is 0 Å². The SMILES string of the molecule is CCC(=O)c1cc(Cl)ccc1OCC(=O)N(C)CC(=O)NC1CC1. The highest BCUT2D eigenvalue weighted by molar-refractivity contribution is 6.31. The van der Waals surface area contributed by atoms with E-state index in [1.54, 1.807) is 19.1 Å². The monoisotopic (exact) mass is 352 g/mol. The number of ether oxygens (including phenoxy) is 1. The zero-order chi connectivity index (χ0) is 17.7. The van der Waals surface area contributed by atoms with Crippen molar-refractivity contribution in [1.82, 2.24) is 10.2 Å². The molecule has 0 unspecified atom stereocenters. The van der Waals surface area contributed by atoms with Crippen LogP contribution in [-0.2, 0) is 9.59 Å². The first kappa shape index (κ1) is 18.3. The number of hydrogen-bond acceptors (Lipinski definition) is 4. The molecule has 1 aliphatic carbocycles. The number of carbonyl (C=O) groups excluding carboxylic acids is 3. The third-order valence-corrected chi connectivity index (χ3v) is 3.90. The molecule has 7 heteroatoms. The van der Waals surface area contributed by atoms with Crippen molar-refractivity contribution in [2.24, 2.45) is 0 Å². The number of hydrogen-bond donors (Lipinski definition) is 1. The summed E-state index contributed by atoms with van der Waals surface area (Å²) in [5.41, 5.74) is 0.354. The quantitative estimate of drug-likeness (QED) is 0.726. The second-order valence-corrected chi connectivity index (χ2v) is 6.23. The summed E-state index contributed by atoms with van der Waals surface area (Å²) < 4.78 is 5.47. The standard InChI is InChI=1S/C17H21ClN2O4/c1-3-14(21)13-8-11(18)4-7-15(13)24-10-17(23)20(2)9-16(22)19-12-5-6-12/h4,7-8,12H,3,5-6,9-10H2,1-2H3,(H,19,22). The Hall–Kier alpha value is -2.08. The maximum atomic E-state index is 12.1. The molecule has 2 rings (SSSR count). The Balaban J connectivity index is 1.90. The van der Waals surface area contributed by atoms with Gasteiger partial charge >= 0.3 is 0 Å². The molecule has 1 aromatic rings. The van der Waals surface area contributed by atoms with Crippen LogP contribution in [0.5, 0.6) is 5.75 Å². The first-order valence-corrected chi connectivity index (χ1v) is 8.27. The molecule has 0 radical (unpaired) electrons. The third-order valence-electron chi connectivity index (χ3n) is 3.66. The van der Waals surface area contributed by atoms with E-state index in [2.05, 4.69) is 5.32 Å². The van der Waals surface area contributed by atoms with Gasteiger partial charge in [0.1, 0.15) is 5.75 Å². The normalized spacial score (nSPS) is 13.3. The van der Waals surface area contributed by atoms with Crippen LogP contribution in [0.15, 0.2) is 18.2 Å². The average molecular weight is 353 g/mol. The predicted molar refractivity (Wildman–Crippen MR) is 90.4 cm³/mol. The Morgan fingerprint density at radius 3 is 2.67 bits per heavy atom. The number of nitrogens with one attached hydrogen (secondary N) is 1. The van der Waals surface area contributed by atoms with Gasteiger partial charge in [0.15, 0.2) is 12.4 Å². The Labute approximate surface area is 146 Å². The number of amides is 2. The molecular formula is C17H21ClN2O4. The molecule has 1 N–H and O–H groups in total. The van der Waals surface area contributed by atoms with E-state index >= 15 is 0 Å². The number of ketones is 1. The van der Waals surface area contributed by atoms with Crippen LogP contribution < -0.4 is 10.1 Å². The molecule has 0 spiro atoms. The molecule has 2 amide bonds. The zero-order valence-electron chi connectivity index (χ0n) is 13.8. The molecule has 130 valence electrons. The minimum atomic E-state index is -0.342. The van der Waals surface area contributed by atoms with Crippen molar-refractivity contribution in [2.45, 2.75) is 32.2 Å². The van der Waals surface area contributed by atoms with Crippen LogP contribution >= 0.6 is 11.6 Å². The van der Waals surface area contributed by atoms with Crippen molar-refractivity contribution in [2.75, 3.05) is 20.2 Å². The van der Waals surface area contributed by atoms with E-state index in [0.29, 0.717) is 22.8 Å². The van der Waals surface area contributed by atoms with E-state index in [1.807, 2.05) is 0 Å². The average Bonchev–Trinajstić information content (AvgIpc) is 3.36. The first-order chi connectivity index (χ1) is 11.4. The van der Waals surface area contributed by atoms with Crippen LogP contribution in [0.1, 0.15) is 36.5 Å². The van der Waals surface area contributed by atoms with Crippen molar-refractivity contribution >= 4 is 29.2 Å². The van der Waals surface area contributed by atoms with Crippen LogP contribution in [0.2, 0.25) is 5.02 Å². The van der Waals surface area contributed by atoms with E-state index in [0.717, 1.165) is 12.8 Å². The maximum absolute atomic E-state index is 12.1. The van der Waals surface area contributed by atoms with Crippen LogP contribution in [-0.4, -0.2) is 48.7 Å². The summed E-state index contributed by atoms with van der Waals surface area (Å²) in [5, 5.41) is 3.25. The summed E-state index contributed by atoms with van der Waals surface area (Å²) in [6.07, 6.45) is 2.31. The van der Waals surface area contributed by atoms with E-state index in [9.17, 15) is 14.4 Å². The van der Waals surface area contributed by atoms with Gasteiger partial charge in [-0.15, -0.1) is 0 Å². The first-order valence-electron chi connectivity index (χ1n) is 7.89. The van der Waals surface area contributed by atoms with Gasteiger partial charge in [-0.05, 0) is 31.0 Å². The van der Waals surface area contributed by atoms with Gasteiger partial charge in [-0.1, -0.05) is 18.5 Å². The van der Waals surface area contributed by atoms with Crippen molar-refractivity contribution in [3.63, 3.8) is 0 Å². The van der Waals surface area contributed by atoms with Gasteiger partial charge in [0.2, 0.25) is 5.91 Å². The van der Waals surface area contributed by atoms with E-state index in [4.69, 9.17) is 16.3 Å². The molecule has 0 aromatic heterocycles. The smallest absolute Gasteiger partial charge is 0.260 e. The molecule has 1 aliphatic rings. The molecule has 1 fully saturated rings. The largest absolute Gasteiger partial charge is 0.483 e. The number of Topliss-reactive ketones (excluding diaryl/α,β-unsaturated/α-hetero) is 1. The fourth-order valence-electron chi connectivity index (χ4n) is 2.09. The fourth-order valence-corrected chi connectivity index (χ4v) is 2.26. The maximum Gasteiger partial charge on any atom is 0.260 e. The summed E-state index contributed by atoms with van der Waals surface area (Å²) in [5.74, 6) is -0.319. The molecule has 1 aromatic carbocycles. The Morgan fingerprint density at radius 1 is 1.33 bits per heavy atom. The van der Waals surface area contributed by atoms with Crippen LogP contribution in [0.3, 0.4) is 0 Å². The van der Waals surface area contributed by atoms with Crippen molar-refractivity contribution < 1.29 is 19.1 Å². The molecule has 0 bridgehead atoms. The summed E-state index contributed by atoms with van der Waals surface area (Å²) in [6.45, 7) is 1.48. The number of nitrogens with zero attached hydrogens (tertiary/aromatic N) is 1. The molecule has 6 nitrogen and oxygen atoms in total. The van der Waals surface area contributed by atoms with E-state index in [-0.39, 0.29) is 36.8 Å². The predicted octanol–water partition coefficient (Wildman–Crippen LogP) is 2.05. The molecule has 24 heavy (non-hydrogen) atoms. The highest BCUT2D eigenvalue weighted by Gasteiger charge is 2.24. The Bertz CT molecular complexity index is 643. The minimum Gasteiger partial charge on any atom is -0.483 e. The molecule has 0 saturated heterocycles. The zero-order valence-corrected chi connectivity index (χ0v) is 14.6. The second-order valence-electron chi connectivity index (χ2n) is 5.80. The van der Waals surface area contributed by atoms with Crippen LogP contribution in [0.4, 0.5) is 0 Å². The number of rotatable bonds is 8. The molecule has 0 atom stereocenters. The topological polar surface area (TPSA) is 75.7 Å². The number of likely N-dealkylation sites (N-methyl/N-ethyl adjacent to an activating group) is 1. The lowest BCUT2D eigenvalue weighted by Gasteiger charge is -2.18. The molecule has 1 saturated carbocycles. The van der Waals surface area contributed by atoms with Gasteiger partial charge in [-0.2, -0.15) is 0 Å². The minimum absolute atomic E-state index is 0.0138. The summed E-state index contributed by atoms with van der Waals surface area (Å²) in [4.78, 5) is 37.0. The van der Waals surface area contributed by atoms with Crippen molar-refractivity contribution in [1.29, 1.82) is 0 Å². The lowest BCUT2D eigenvalue weighted by molar-refractivity contribution is -0.136. The highest BCUT2D eigenvalue weighted by Crippen LogP contribution is 2.24. The van der Waals surface area contributed by atoms with Gasteiger partial charge in [0, 0.05) is 24.5 Å². The summed E-state index contributed by atoms with van der Waals surface area (Å²) in [6, 6.07) is 4.95. The molecular weight excluding hydrogens is 332 g/mol. The lowest BCUT2D eigenvalue weighted by Crippen LogP contribution is -2.41. The summed E-state index contributed by atoms with van der Waals surface area (Å²) >= 11 is 5.91. The number of halogens is 1. The van der Waals surface area contributed by atoms with Gasteiger partial charge in [-0.3, -0.25) is 14.4 Å². The summed E-state index contributed by atoms with van der Waals surface area (Å²) in [7, 11) is 1.54. The Kier molecular flexibility index (Phi) is 6.20. The van der Waals surface area contributed by atoms with E-state index in [1.165, 1.54) is 18.0 Å². The molecule has 0 aliphatic heterocycles. The van der Waals surface area contributed by atoms with Crippen molar-refractivity contribution in [3.8, 4) is 5.75 Å². The molecule has 0 heterocycles. The third kappa shape index (κ3) is 5.23. The van der Waals surface area contributed by atoms with Crippen LogP contribution in [0.25, 0.3) is 0 Å². The lowest BCUT2D eigenvalue weighted by atomic mass is 10.1. The number of benzene rings is 1. The van der Waals surface area contributed by atoms with Crippen LogP contribution in [0, 0.1) is 0 Å². The Morgan fingerprint density at radius 2 is 2.04 bits per heavy atom. The van der Waals surface area contributed by atoms with Gasteiger partial charge in [0.25, 0.3) is 5.91 Å². The van der Waals surface area contributed by atoms with Gasteiger partial charge in [-0.25, -0.2) is 0 Å².